The highest BCUT2D eigenvalue weighted by atomic mass is 28.3. The van der Waals surface area contributed by atoms with Crippen LogP contribution in [0.15, 0.2) is 12.8 Å². The maximum Gasteiger partial charge on any atom is 0.441 e. The van der Waals surface area contributed by atoms with Crippen molar-refractivity contribution in [2.24, 2.45) is 0 Å². The van der Waals surface area contributed by atoms with Gasteiger partial charge in [-0.1, -0.05) is 6.58 Å². The summed E-state index contributed by atoms with van der Waals surface area (Å²) in [7, 11) is 3.59. The van der Waals surface area contributed by atoms with Crippen LogP contribution in [0.2, 0.25) is 0 Å². The molecule has 0 saturated carbocycles. The maximum atomic E-state index is 5.02. The molecule has 0 rings (SSSR count). The zero-order valence-corrected chi connectivity index (χ0v) is 7.28. The van der Waals surface area contributed by atoms with Crippen LogP contribution in [0.5, 0.6) is 0 Å². The molecule has 0 unspecified atom stereocenters. The zero-order valence-electron chi connectivity index (χ0n) is 6.13. The van der Waals surface area contributed by atoms with Crippen molar-refractivity contribution in [3.05, 3.63) is 12.8 Å². The van der Waals surface area contributed by atoms with Crippen molar-refractivity contribution in [2.75, 3.05) is 21.3 Å². The molecule has 0 bridgehead atoms. The lowest BCUT2D eigenvalue weighted by Crippen LogP contribution is -2.35. The summed E-state index contributed by atoms with van der Waals surface area (Å²) in [4.78, 5) is 0. The lowest BCUT2D eigenvalue weighted by atomic mass is 11.0. The minimum Gasteiger partial charge on any atom is -0.384 e. The lowest BCUT2D eigenvalue weighted by Gasteiger charge is -2.19. The summed E-state index contributed by atoms with van der Waals surface area (Å²) in [5, 5.41) is 0. The van der Waals surface area contributed by atoms with Gasteiger partial charge in [-0.05, 0) is 6.20 Å². The van der Waals surface area contributed by atoms with Gasteiger partial charge in [0.15, 0.2) is 0 Å². The Morgan fingerprint density at radius 2 is 1.89 bits per heavy atom. The molecule has 9 heavy (non-hydrogen) atoms. The maximum absolute atomic E-state index is 5.02. The molecule has 0 atom stereocenters. The van der Waals surface area contributed by atoms with Crippen LogP contribution in [0.4, 0.5) is 0 Å². The molecule has 0 aliphatic heterocycles. The van der Waals surface area contributed by atoms with E-state index in [1.807, 2.05) is 11.6 Å². The van der Waals surface area contributed by atoms with Crippen LogP contribution in [0, 0.1) is 0 Å². The van der Waals surface area contributed by atoms with Gasteiger partial charge in [-0.25, -0.2) is 0 Å². The molecule has 0 amide bonds. The second kappa shape index (κ2) is 4.55. The fraction of sp³-hybridized carbons (Fsp3) is 0.600. The van der Waals surface area contributed by atoms with E-state index in [9.17, 15) is 0 Å². The largest absolute Gasteiger partial charge is 0.441 e. The molecule has 0 N–H and O–H groups in total. The van der Waals surface area contributed by atoms with Crippen molar-refractivity contribution in [1.29, 1.82) is 0 Å². The summed E-state index contributed by atoms with van der Waals surface area (Å²) < 4.78 is 11.9. The molecule has 3 nitrogen and oxygen atoms in total. The molecule has 0 aromatic heterocycles. The number of hydrogen-bond acceptors (Lipinski definition) is 3. The summed E-state index contributed by atoms with van der Waals surface area (Å²) in [5.74, 6) is 0. The molecule has 0 aromatic rings. The zero-order chi connectivity index (χ0) is 7.28. The first-order valence-electron chi connectivity index (χ1n) is 2.66. The van der Waals surface area contributed by atoms with Crippen molar-refractivity contribution in [3.8, 4) is 0 Å². The molecule has 0 spiro atoms. The fourth-order valence-electron chi connectivity index (χ4n) is 0.515. The van der Waals surface area contributed by atoms with E-state index in [1.54, 1.807) is 20.4 Å². The highest BCUT2D eigenvalue weighted by Gasteiger charge is 2.11. The quantitative estimate of drug-likeness (QED) is 0.525. The Bertz CT molecular complexity index is 85.0. The third kappa shape index (κ3) is 2.64. The average molecular weight is 147 g/mol. The summed E-state index contributed by atoms with van der Waals surface area (Å²) in [6, 6.07) is 0. The first kappa shape index (κ1) is 8.68. The highest BCUT2D eigenvalue weighted by Crippen LogP contribution is 1.91. The molecule has 4 heteroatoms. The van der Waals surface area contributed by atoms with Crippen molar-refractivity contribution in [3.63, 3.8) is 0 Å². The normalized spacial score (nSPS) is 9.78. The number of nitrogens with zero attached hydrogens (tertiary/aromatic N) is 1. The smallest absolute Gasteiger partial charge is 0.384 e. The first-order chi connectivity index (χ1) is 4.26. The van der Waals surface area contributed by atoms with Gasteiger partial charge in [0.1, 0.15) is 0 Å². The van der Waals surface area contributed by atoms with Gasteiger partial charge < -0.3 is 13.4 Å². The van der Waals surface area contributed by atoms with E-state index in [2.05, 4.69) is 6.58 Å². The van der Waals surface area contributed by atoms with Gasteiger partial charge in [-0.3, -0.25) is 0 Å². The van der Waals surface area contributed by atoms with Crippen LogP contribution in [0.1, 0.15) is 0 Å². The molecular weight excluding hydrogens is 134 g/mol. The van der Waals surface area contributed by atoms with Gasteiger partial charge >= 0.3 is 9.45 Å². The Hall–Kier alpha value is -0.323. The van der Waals surface area contributed by atoms with Gasteiger partial charge in [0, 0.05) is 21.3 Å². The van der Waals surface area contributed by atoms with Gasteiger partial charge in [0.05, 0.1) is 0 Å². The standard InChI is InChI=1S/C5H13NO2Si/c1-5-6(2)9(7-3)8-4/h5,9H,1H2,2-4H3. The second-order valence-corrected chi connectivity index (χ2v) is 4.00. The molecular formula is C5H13NO2Si. The average Bonchev–Trinajstić information content (AvgIpc) is 1.90. The first-order valence-corrected chi connectivity index (χ1v) is 4.12. The minimum atomic E-state index is -1.57. The molecule has 0 fully saturated rings. The molecule has 0 heterocycles. The van der Waals surface area contributed by atoms with Crippen LogP contribution < -0.4 is 0 Å². The van der Waals surface area contributed by atoms with Gasteiger partial charge in [0.2, 0.25) is 0 Å². The third-order valence-electron chi connectivity index (χ3n) is 1.02. The topological polar surface area (TPSA) is 21.7 Å². The predicted octanol–water partition coefficient (Wildman–Crippen LogP) is 0.0717. The fourth-order valence-corrected chi connectivity index (χ4v) is 1.54. The Labute approximate surface area is 57.8 Å². The molecule has 54 valence electrons. The summed E-state index contributed by atoms with van der Waals surface area (Å²) in [6.45, 7) is 3.58. The molecule has 0 radical (unpaired) electrons. The van der Waals surface area contributed by atoms with Crippen LogP contribution >= 0.6 is 0 Å². The van der Waals surface area contributed by atoms with E-state index >= 15 is 0 Å². The second-order valence-electron chi connectivity index (χ2n) is 1.63. The van der Waals surface area contributed by atoms with E-state index in [0.29, 0.717) is 0 Å². The molecule has 0 aliphatic rings. The minimum absolute atomic E-state index is 1.57. The van der Waals surface area contributed by atoms with Gasteiger partial charge in [-0.2, -0.15) is 0 Å². The van der Waals surface area contributed by atoms with E-state index < -0.39 is 9.45 Å². The Balaban J connectivity index is 3.63. The summed E-state index contributed by atoms with van der Waals surface area (Å²) >= 11 is 0. The van der Waals surface area contributed by atoms with Crippen LogP contribution in [-0.4, -0.2) is 35.3 Å². The van der Waals surface area contributed by atoms with E-state index in [0.717, 1.165) is 0 Å². The van der Waals surface area contributed by atoms with Gasteiger partial charge in [-0.15, -0.1) is 0 Å². The molecule has 0 saturated heterocycles. The summed E-state index contributed by atoms with van der Waals surface area (Å²) in [5.41, 5.74) is 0. The predicted molar refractivity (Wildman–Crippen MR) is 39.1 cm³/mol. The van der Waals surface area contributed by atoms with Crippen molar-refractivity contribution >= 4 is 9.45 Å². The van der Waals surface area contributed by atoms with Crippen LogP contribution in [0.25, 0.3) is 0 Å². The van der Waals surface area contributed by atoms with E-state index in [-0.39, 0.29) is 0 Å². The Kier molecular flexibility index (Phi) is 4.38. The number of rotatable bonds is 4. The molecule has 0 aliphatic carbocycles. The molecule has 0 aromatic carbocycles. The van der Waals surface area contributed by atoms with Crippen LogP contribution in [-0.2, 0) is 8.85 Å². The van der Waals surface area contributed by atoms with Crippen molar-refractivity contribution < 1.29 is 8.85 Å². The monoisotopic (exact) mass is 147 g/mol. The van der Waals surface area contributed by atoms with Crippen molar-refractivity contribution in [1.82, 2.24) is 4.57 Å². The Morgan fingerprint density at radius 1 is 1.44 bits per heavy atom. The van der Waals surface area contributed by atoms with E-state index in [1.165, 1.54) is 0 Å². The van der Waals surface area contributed by atoms with E-state index in [4.69, 9.17) is 8.85 Å². The van der Waals surface area contributed by atoms with Gasteiger partial charge in [0.25, 0.3) is 0 Å². The Morgan fingerprint density at radius 3 is 2.00 bits per heavy atom. The third-order valence-corrected chi connectivity index (χ3v) is 2.71. The summed E-state index contributed by atoms with van der Waals surface area (Å²) in [6.07, 6.45) is 1.70. The van der Waals surface area contributed by atoms with Crippen molar-refractivity contribution in [2.45, 2.75) is 0 Å². The lowest BCUT2D eigenvalue weighted by molar-refractivity contribution is 0.234. The highest BCUT2D eigenvalue weighted by molar-refractivity contribution is 6.41. The van der Waals surface area contributed by atoms with Crippen LogP contribution in [0.3, 0.4) is 0 Å². The SMILES string of the molecule is C=CN(C)[SiH](OC)OC. The number of hydrogen-bond donors (Lipinski definition) is 0.